The lowest BCUT2D eigenvalue weighted by atomic mass is 10.0. The predicted octanol–water partition coefficient (Wildman–Crippen LogP) is 2.19. The Bertz CT molecular complexity index is 1180. The van der Waals surface area contributed by atoms with E-state index in [2.05, 4.69) is 20.4 Å². The highest BCUT2D eigenvalue weighted by Gasteiger charge is 2.30. The van der Waals surface area contributed by atoms with Gasteiger partial charge in [0, 0.05) is 18.5 Å². The maximum atomic E-state index is 12.7. The molecule has 0 radical (unpaired) electrons. The summed E-state index contributed by atoms with van der Waals surface area (Å²) in [5, 5.41) is 13.1. The maximum absolute atomic E-state index is 12.7. The van der Waals surface area contributed by atoms with Gasteiger partial charge in [0.25, 0.3) is 0 Å². The van der Waals surface area contributed by atoms with E-state index >= 15 is 0 Å². The zero-order chi connectivity index (χ0) is 19.6. The highest BCUT2D eigenvalue weighted by molar-refractivity contribution is 5.77. The molecule has 4 aromatic rings. The van der Waals surface area contributed by atoms with Gasteiger partial charge >= 0.3 is 5.63 Å². The van der Waals surface area contributed by atoms with Gasteiger partial charge in [-0.05, 0) is 28.1 Å². The van der Waals surface area contributed by atoms with Gasteiger partial charge in [0.15, 0.2) is 11.5 Å². The van der Waals surface area contributed by atoms with Gasteiger partial charge in [-0.2, -0.15) is 4.68 Å². The van der Waals surface area contributed by atoms with Crippen molar-refractivity contribution in [1.29, 1.82) is 0 Å². The average molecular weight is 389 g/mol. The van der Waals surface area contributed by atoms with Crippen molar-refractivity contribution in [3.8, 4) is 5.69 Å². The summed E-state index contributed by atoms with van der Waals surface area (Å²) in [5.74, 6) is 0.570. The molecule has 1 fully saturated rings. The first-order valence-corrected chi connectivity index (χ1v) is 9.49. The molecule has 0 saturated carbocycles. The summed E-state index contributed by atoms with van der Waals surface area (Å²) in [6.45, 7) is 2.78. The van der Waals surface area contributed by atoms with Crippen LogP contribution in [0, 0.1) is 0 Å². The van der Waals surface area contributed by atoms with Crippen LogP contribution in [0.25, 0.3) is 16.7 Å². The second-order valence-electron chi connectivity index (χ2n) is 6.87. The first kappa shape index (κ1) is 17.7. The fraction of sp³-hybridized carbons (Fsp3) is 0.238. The Kier molecular flexibility index (Phi) is 4.63. The van der Waals surface area contributed by atoms with Crippen molar-refractivity contribution < 1.29 is 9.15 Å². The number of hydrogen-bond donors (Lipinski definition) is 0. The zero-order valence-electron chi connectivity index (χ0n) is 15.6. The van der Waals surface area contributed by atoms with Crippen LogP contribution in [0.5, 0.6) is 0 Å². The average Bonchev–Trinajstić information content (AvgIpc) is 3.24. The second-order valence-corrected chi connectivity index (χ2v) is 6.87. The molecule has 0 N–H and O–H groups in total. The minimum absolute atomic E-state index is 0.207. The third-order valence-electron chi connectivity index (χ3n) is 5.12. The van der Waals surface area contributed by atoms with E-state index in [1.54, 1.807) is 12.1 Å². The number of benzene rings is 2. The van der Waals surface area contributed by atoms with Crippen LogP contribution in [0.4, 0.5) is 0 Å². The largest absolute Gasteiger partial charge is 0.421 e. The van der Waals surface area contributed by atoms with E-state index < -0.39 is 5.63 Å². The fourth-order valence-corrected chi connectivity index (χ4v) is 3.73. The SMILES string of the molecule is O=c1oc2ccccc2cc1-n1nnnc1C(c1ccccc1)N1CCOCC1. The van der Waals surface area contributed by atoms with E-state index in [0.717, 1.165) is 24.0 Å². The highest BCUT2D eigenvalue weighted by atomic mass is 16.5. The normalized spacial score (nSPS) is 16.1. The molecule has 1 atom stereocenters. The van der Waals surface area contributed by atoms with Crippen molar-refractivity contribution in [3.63, 3.8) is 0 Å². The molecule has 29 heavy (non-hydrogen) atoms. The third kappa shape index (κ3) is 3.32. The third-order valence-corrected chi connectivity index (χ3v) is 5.12. The van der Waals surface area contributed by atoms with Crippen LogP contribution in [0.15, 0.2) is 69.9 Å². The van der Waals surface area contributed by atoms with E-state index in [1.807, 2.05) is 48.5 Å². The maximum Gasteiger partial charge on any atom is 0.362 e. The molecule has 5 rings (SSSR count). The van der Waals surface area contributed by atoms with Crippen LogP contribution in [0.3, 0.4) is 0 Å². The Labute approximate surface area is 166 Å². The van der Waals surface area contributed by atoms with E-state index in [1.165, 1.54) is 4.68 Å². The molecule has 0 spiro atoms. The van der Waals surface area contributed by atoms with Crippen molar-refractivity contribution in [3.05, 3.63) is 82.5 Å². The van der Waals surface area contributed by atoms with Gasteiger partial charge in [0.05, 0.1) is 19.3 Å². The number of para-hydroxylation sites is 1. The predicted molar refractivity (Wildman–Crippen MR) is 106 cm³/mol. The Hall–Kier alpha value is -3.36. The van der Waals surface area contributed by atoms with E-state index in [-0.39, 0.29) is 11.7 Å². The van der Waals surface area contributed by atoms with Crippen LogP contribution in [0.2, 0.25) is 0 Å². The second kappa shape index (κ2) is 7.57. The number of rotatable bonds is 4. The molecule has 1 aliphatic heterocycles. The summed E-state index contributed by atoms with van der Waals surface area (Å²) >= 11 is 0. The molecule has 146 valence electrons. The Morgan fingerprint density at radius 1 is 0.966 bits per heavy atom. The van der Waals surface area contributed by atoms with Crippen LogP contribution in [-0.2, 0) is 4.74 Å². The van der Waals surface area contributed by atoms with Crippen LogP contribution >= 0.6 is 0 Å². The molecule has 8 heteroatoms. The Morgan fingerprint density at radius 3 is 2.55 bits per heavy atom. The molecule has 1 aliphatic rings. The number of aromatic nitrogens is 4. The molecule has 2 aromatic carbocycles. The smallest absolute Gasteiger partial charge is 0.362 e. The lowest BCUT2D eigenvalue weighted by Gasteiger charge is -2.33. The number of nitrogens with zero attached hydrogens (tertiary/aromatic N) is 5. The highest BCUT2D eigenvalue weighted by Crippen LogP contribution is 2.28. The molecule has 2 aromatic heterocycles. The molecule has 0 aliphatic carbocycles. The zero-order valence-corrected chi connectivity index (χ0v) is 15.6. The Balaban J connectivity index is 1.66. The Morgan fingerprint density at radius 2 is 1.72 bits per heavy atom. The number of fused-ring (bicyclic) bond motifs is 1. The van der Waals surface area contributed by atoms with E-state index in [4.69, 9.17) is 9.15 Å². The molecule has 0 bridgehead atoms. The summed E-state index contributed by atoms with van der Waals surface area (Å²) in [4.78, 5) is 15.0. The lowest BCUT2D eigenvalue weighted by molar-refractivity contribution is 0.0220. The minimum Gasteiger partial charge on any atom is -0.421 e. The molecule has 1 unspecified atom stereocenters. The molecule has 8 nitrogen and oxygen atoms in total. The topological polar surface area (TPSA) is 86.3 Å². The number of ether oxygens (including phenoxy) is 1. The molecule has 3 heterocycles. The van der Waals surface area contributed by atoms with Gasteiger partial charge in [-0.15, -0.1) is 5.10 Å². The van der Waals surface area contributed by atoms with Crippen molar-refractivity contribution in [2.75, 3.05) is 26.3 Å². The van der Waals surface area contributed by atoms with Gasteiger partial charge in [0.1, 0.15) is 5.58 Å². The number of tetrazole rings is 1. The van der Waals surface area contributed by atoms with Crippen molar-refractivity contribution >= 4 is 11.0 Å². The lowest BCUT2D eigenvalue weighted by Crippen LogP contribution is -2.40. The monoisotopic (exact) mass is 389 g/mol. The van der Waals surface area contributed by atoms with Crippen molar-refractivity contribution in [2.45, 2.75) is 6.04 Å². The summed E-state index contributed by atoms with van der Waals surface area (Å²) in [5.41, 5.74) is 1.39. The molecule has 0 amide bonds. The van der Waals surface area contributed by atoms with Crippen LogP contribution < -0.4 is 5.63 Å². The quantitative estimate of drug-likeness (QED) is 0.495. The van der Waals surface area contributed by atoms with Gasteiger partial charge in [-0.25, -0.2) is 4.79 Å². The van der Waals surface area contributed by atoms with E-state index in [9.17, 15) is 4.79 Å². The standard InChI is InChI=1S/C21H19N5O3/c27-21-17(14-16-8-4-5-9-18(16)29-21)26-20(22-23-24-26)19(15-6-2-1-3-7-15)25-10-12-28-13-11-25/h1-9,14,19H,10-13H2. The number of hydrogen-bond acceptors (Lipinski definition) is 7. The van der Waals surface area contributed by atoms with Crippen LogP contribution in [0.1, 0.15) is 17.4 Å². The summed E-state index contributed by atoms with van der Waals surface area (Å²) in [6.07, 6.45) is 0. The molecule has 1 saturated heterocycles. The fourth-order valence-electron chi connectivity index (χ4n) is 3.73. The van der Waals surface area contributed by atoms with Gasteiger partial charge in [0.2, 0.25) is 0 Å². The summed E-state index contributed by atoms with van der Waals surface area (Å²) in [6, 6.07) is 19.0. The van der Waals surface area contributed by atoms with Gasteiger partial charge < -0.3 is 9.15 Å². The minimum atomic E-state index is -0.481. The first-order valence-electron chi connectivity index (χ1n) is 9.49. The molecular weight excluding hydrogens is 370 g/mol. The molecular formula is C21H19N5O3. The summed E-state index contributed by atoms with van der Waals surface area (Å²) in [7, 11) is 0. The van der Waals surface area contributed by atoms with Gasteiger partial charge in [-0.3, -0.25) is 4.90 Å². The van der Waals surface area contributed by atoms with Crippen LogP contribution in [-0.4, -0.2) is 51.4 Å². The summed E-state index contributed by atoms with van der Waals surface area (Å²) < 4.78 is 12.5. The van der Waals surface area contributed by atoms with Crippen molar-refractivity contribution in [1.82, 2.24) is 25.1 Å². The first-order chi connectivity index (χ1) is 14.3. The van der Waals surface area contributed by atoms with Gasteiger partial charge in [-0.1, -0.05) is 48.5 Å². The number of morpholine rings is 1. The van der Waals surface area contributed by atoms with E-state index in [0.29, 0.717) is 24.6 Å². The van der Waals surface area contributed by atoms with Crippen molar-refractivity contribution in [2.24, 2.45) is 0 Å².